The summed E-state index contributed by atoms with van der Waals surface area (Å²) in [5.74, 6) is 0. The standard InChI is InChI=1S/C22H26N2O2/c1-4-5-14-23-20(18-10-6-16(2)7-11-18)15-21(24(25)26)22(23)19-12-8-17(3)9-13-19/h6-13,15,20,22H,4-5,14H2,1-3H3/t20-,22+/m0/s1. The molecule has 3 rings (SSSR count). The van der Waals surface area contributed by atoms with E-state index in [9.17, 15) is 10.1 Å². The molecule has 0 aliphatic carbocycles. The van der Waals surface area contributed by atoms with Gasteiger partial charge in [0, 0.05) is 12.6 Å². The summed E-state index contributed by atoms with van der Waals surface area (Å²) in [5, 5.41) is 11.8. The van der Waals surface area contributed by atoms with Gasteiger partial charge in [-0.1, -0.05) is 73.0 Å². The number of nitro groups is 1. The molecule has 0 amide bonds. The smallest absolute Gasteiger partial charge is 0.265 e. The van der Waals surface area contributed by atoms with Crippen LogP contribution in [-0.4, -0.2) is 16.4 Å². The summed E-state index contributed by atoms with van der Waals surface area (Å²) in [6, 6.07) is 16.1. The minimum Gasteiger partial charge on any atom is -0.276 e. The van der Waals surface area contributed by atoms with Crippen molar-refractivity contribution in [1.82, 2.24) is 4.90 Å². The van der Waals surface area contributed by atoms with Gasteiger partial charge >= 0.3 is 0 Å². The van der Waals surface area contributed by atoms with Gasteiger partial charge in [-0.25, -0.2) is 0 Å². The molecule has 0 spiro atoms. The van der Waals surface area contributed by atoms with Crippen LogP contribution in [0.4, 0.5) is 0 Å². The van der Waals surface area contributed by atoms with Gasteiger partial charge in [0.1, 0.15) is 6.04 Å². The highest BCUT2D eigenvalue weighted by Gasteiger charge is 2.42. The third-order valence-electron chi connectivity index (χ3n) is 5.09. The van der Waals surface area contributed by atoms with Gasteiger partial charge in [-0.15, -0.1) is 0 Å². The highest BCUT2D eigenvalue weighted by molar-refractivity contribution is 5.37. The van der Waals surface area contributed by atoms with E-state index in [1.54, 1.807) is 0 Å². The molecule has 0 fully saturated rings. The SMILES string of the molecule is CCCCN1[C@H](c2ccc(C)cc2)C=C([N+](=O)[O-])[C@H]1c1ccc(C)cc1. The Hall–Kier alpha value is -2.46. The van der Waals surface area contributed by atoms with E-state index in [0.717, 1.165) is 36.1 Å². The van der Waals surface area contributed by atoms with E-state index in [-0.39, 0.29) is 22.7 Å². The molecular weight excluding hydrogens is 324 g/mol. The summed E-state index contributed by atoms with van der Waals surface area (Å²) >= 11 is 0. The maximum atomic E-state index is 11.8. The minimum absolute atomic E-state index is 0.0612. The van der Waals surface area contributed by atoms with Gasteiger partial charge in [0.2, 0.25) is 0 Å². The van der Waals surface area contributed by atoms with Crippen molar-refractivity contribution < 1.29 is 4.92 Å². The summed E-state index contributed by atoms with van der Waals surface area (Å²) in [6.07, 6.45) is 3.92. The van der Waals surface area contributed by atoms with Gasteiger partial charge in [0.15, 0.2) is 0 Å². The Morgan fingerprint density at radius 1 is 0.962 bits per heavy atom. The van der Waals surface area contributed by atoms with Crippen molar-refractivity contribution in [2.24, 2.45) is 0 Å². The first-order chi connectivity index (χ1) is 12.5. The highest BCUT2D eigenvalue weighted by Crippen LogP contribution is 2.43. The summed E-state index contributed by atoms with van der Waals surface area (Å²) in [4.78, 5) is 13.9. The lowest BCUT2D eigenvalue weighted by Crippen LogP contribution is -2.30. The highest BCUT2D eigenvalue weighted by atomic mass is 16.6. The second-order valence-electron chi connectivity index (χ2n) is 7.11. The van der Waals surface area contributed by atoms with Gasteiger partial charge in [0.05, 0.1) is 11.0 Å². The van der Waals surface area contributed by atoms with E-state index in [0.29, 0.717) is 0 Å². The minimum atomic E-state index is -0.302. The Bertz CT molecular complexity index is 794. The van der Waals surface area contributed by atoms with Crippen LogP contribution in [0.15, 0.2) is 60.3 Å². The van der Waals surface area contributed by atoms with E-state index >= 15 is 0 Å². The summed E-state index contributed by atoms with van der Waals surface area (Å²) in [6.45, 7) is 7.08. The van der Waals surface area contributed by atoms with Crippen molar-refractivity contribution in [2.75, 3.05) is 6.54 Å². The van der Waals surface area contributed by atoms with E-state index < -0.39 is 0 Å². The number of unbranched alkanes of at least 4 members (excludes halogenated alkanes) is 1. The second-order valence-corrected chi connectivity index (χ2v) is 7.11. The first-order valence-corrected chi connectivity index (χ1v) is 9.26. The molecule has 1 aliphatic heterocycles. The van der Waals surface area contributed by atoms with Crippen molar-refractivity contribution in [3.8, 4) is 0 Å². The van der Waals surface area contributed by atoms with E-state index in [1.165, 1.54) is 5.56 Å². The fraction of sp³-hybridized carbons (Fsp3) is 0.364. The molecule has 0 unspecified atom stereocenters. The summed E-state index contributed by atoms with van der Waals surface area (Å²) < 4.78 is 0. The molecule has 136 valence electrons. The zero-order chi connectivity index (χ0) is 18.7. The van der Waals surface area contributed by atoms with Gasteiger partial charge in [-0.05, 0) is 31.4 Å². The van der Waals surface area contributed by atoms with Crippen molar-refractivity contribution >= 4 is 0 Å². The normalized spacial score (nSPS) is 20.2. The van der Waals surface area contributed by atoms with Gasteiger partial charge in [-0.3, -0.25) is 15.0 Å². The van der Waals surface area contributed by atoms with Crippen LogP contribution >= 0.6 is 0 Å². The van der Waals surface area contributed by atoms with Crippen molar-refractivity contribution in [3.63, 3.8) is 0 Å². The Kier molecular flexibility index (Phi) is 5.52. The number of hydrogen-bond donors (Lipinski definition) is 0. The van der Waals surface area contributed by atoms with Crippen molar-refractivity contribution in [2.45, 2.75) is 45.7 Å². The Morgan fingerprint density at radius 2 is 1.50 bits per heavy atom. The molecule has 26 heavy (non-hydrogen) atoms. The van der Waals surface area contributed by atoms with Crippen LogP contribution in [-0.2, 0) is 0 Å². The fourth-order valence-electron chi connectivity index (χ4n) is 3.61. The third-order valence-corrected chi connectivity index (χ3v) is 5.09. The molecule has 2 atom stereocenters. The van der Waals surface area contributed by atoms with Crippen LogP contribution in [0, 0.1) is 24.0 Å². The van der Waals surface area contributed by atoms with Crippen LogP contribution < -0.4 is 0 Å². The van der Waals surface area contributed by atoms with Crippen LogP contribution in [0.3, 0.4) is 0 Å². The summed E-state index contributed by atoms with van der Waals surface area (Å²) in [7, 11) is 0. The van der Waals surface area contributed by atoms with E-state index in [4.69, 9.17) is 0 Å². The van der Waals surface area contributed by atoms with Gasteiger partial charge in [-0.2, -0.15) is 0 Å². The number of nitrogens with zero attached hydrogens (tertiary/aromatic N) is 2. The summed E-state index contributed by atoms with van der Waals surface area (Å²) in [5.41, 5.74) is 4.74. The molecule has 2 aromatic carbocycles. The number of rotatable bonds is 6. The lowest BCUT2D eigenvalue weighted by atomic mass is 10.0. The molecule has 0 bridgehead atoms. The topological polar surface area (TPSA) is 46.4 Å². The molecule has 1 heterocycles. The third kappa shape index (κ3) is 3.70. The lowest BCUT2D eigenvalue weighted by molar-refractivity contribution is -0.431. The molecular formula is C22H26N2O2. The monoisotopic (exact) mass is 350 g/mol. The lowest BCUT2D eigenvalue weighted by Gasteiger charge is -2.30. The maximum absolute atomic E-state index is 11.8. The quantitative estimate of drug-likeness (QED) is 0.520. The van der Waals surface area contributed by atoms with Crippen LogP contribution in [0.1, 0.15) is 54.1 Å². The van der Waals surface area contributed by atoms with Gasteiger partial charge < -0.3 is 0 Å². The maximum Gasteiger partial charge on any atom is 0.265 e. The van der Waals surface area contributed by atoms with Crippen LogP contribution in [0.2, 0.25) is 0 Å². The molecule has 2 aromatic rings. The average Bonchev–Trinajstić information content (AvgIpc) is 3.01. The Balaban J connectivity index is 2.04. The van der Waals surface area contributed by atoms with Crippen molar-refractivity contribution in [1.29, 1.82) is 0 Å². The average molecular weight is 350 g/mol. The zero-order valence-corrected chi connectivity index (χ0v) is 15.7. The fourth-order valence-corrected chi connectivity index (χ4v) is 3.61. The Morgan fingerprint density at radius 3 is 2.00 bits per heavy atom. The molecule has 0 aromatic heterocycles. The van der Waals surface area contributed by atoms with E-state index in [2.05, 4.69) is 43.0 Å². The Labute approximate surface area is 155 Å². The molecule has 1 aliphatic rings. The molecule has 0 N–H and O–H groups in total. The molecule has 4 nitrogen and oxygen atoms in total. The first kappa shape index (κ1) is 18.3. The molecule has 0 saturated carbocycles. The van der Waals surface area contributed by atoms with E-state index in [1.807, 2.05) is 37.3 Å². The number of benzene rings is 2. The zero-order valence-electron chi connectivity index (χ0n) is 15.7. The first-order valence-electron chi connectivity index (χ1n) is 9.26. The molecule has 0 saturated heterocycles. The van der Waals surface area contributed by atoms with Crippen LogP contribution in [0.5, 0.6) is 0 Å². The molecule has 0 radical (unpaired) electrons. The largest absolute Gasteiger partial charge is 0.276 e. The number of hydrogen-bond acceptors (Lipinski definition) is 3. The van der Waals surface area contributed by atoms with Crippen molar-refractivity contribution in [3.05, 3.63) is 92.7 Å². The van der Waals surface area contributed by atoms with Crippen LogP contribution in [0.25, 0.3) is 0 Å². The molecule has 4 heteroatoms. The predicted molar refractivity (Wildman–Crippen MR) is 105 cm³/mol. The predicted octanol–water partition coefficient (Wildman–Crippen LogP) is 5.36. The second kappa shape index (κ2) is 7.83. The van der Waals surface area contributed by atoms with Gasteiger partial charge in [0.25, 0.3) is 5.70 Å². The number of aryl methyl sites for hydroxylation is 2.